The second-order valence-corrected chi connectivity index (χ2v) is 6.93. The van der Waals surface area contributed by atoms with Gasteiger partial charge in [0.15, 0.2) is 0 Å². The lowest BCUT2D eigenvalue weighted by Gasteiger charge is -2.21. The Morgan fingerprint density at radius 3 is 2.92 bits per heavy atom. The molecule has 144 valence electrons. The quantitative estimate of drug-likeness (QED) is 0.748. The summed E-state index contributed by atoms with van der Waals surface area (Å²) in [6.45, 7) is 1.88. The Morgan fingerprint density at radius 1 is 1.50 bits per heavy atom. The highest BCUT2D eigenvalue weighted by Crippen LogP contribution is 2.33. The normalized spacial score (nSPS) is 15.8. The van der Waals surface area contributed by atoms with Crippen LogP contribution in [0, 0.1) is 0 Å². The second-order valence-electron chi connectivity index (χ2n) is 5.55. The number of carbonyl (C=O) groups excluding carboxylic acids is 1. The molecule has 1 aliphatic heterocycles. The van der Waals surface area contributed by atoms with Gasteiger partial charge in [-0.05, 0) is 24.6 Å². The van der Waals surface area contributed by atoms with Gasteiger partial charge in [-0.3, -0.25) is 4.79 Å². The molecule has 6 nitrogen and oxygen atoms in total. The average Bonchev–Trinajstić information content (AvgIpc) is 3.24. The lowest BCUT2D eigenvalue weighted by Crippen LogP contribution is -2.37. The number of nitrogens with zero attached hydrogens (tertiary/aromatic N) is 2. The van der Waals surface area contributed by atoms with E-state index in [2.05, 4.69) is 15.2 Å². The van der Waals surface area contributed by atoms with Crippen LogP contribution in [-0.2, 0) is 6.54 Å². The second kappa shape index (κ2) is 10.2. The van der Waals surface area contributed by atoms with E-state index in [0.29, 0.717) is 23.8 Å². The summed E-state index contributed by atoms with van der Waals surface area (Å²) in [4.78, 5) is 18.7. The average molecular weight is 440 g/mol. The Hall–Kier alpha value is -1.25. The van der Waals surface area contributed by atoms with Gasteiger partial charge in [-0.15, -0.1) is 36.2 Å². The number of rotatable bonds is 5. The highest BCUT2D eigenvalue weighted by molar-refractivity contribution is 7.09. The predicted molar refractivity (Wildman–Crippen MR) is 111 cm³/mol. The van der Waals surface area contributed by atoms with Crippen LogP contribution in [0.15, 0.2) is 23.6 Å². The molecule has 0 aliphatic carbocycles. The standard InChI is InChI=1S/C16H19ClN4O2S.2ClH/c1-23-14-3-2-10(17)6-13(14)21-5-4-11(8-21)19-16(22)12-9-24-15(7-18)20-12;;/h2-3,6,9,11H,4-5,7-8,18H2,1H3,(H,19,22);2*1H. The van der Waals surface area contributed by atoms with Crippen LogP contribution in [0.4, 0.5) is 5.69 Å². The van der Waals surface area contributed by atoms with Crippen molar-refractivity contribution in [3.8, 4) is 5.75 Å². The van der Waals surface area contributed by atoms with Crippen LogP contribution in [0.2, 0.25) is 5.02 Å². The molecule has 0 radical (unpaired) electrons. The summed E-state index contributed by atoms with van der Waals surface area (Å²) < 4.78 is 5.41. The third kappa shape index (κ3) is 5.14. The number of amides is 1. The first-order chi connectivity index (χ1) is 11.6. The molecule has 0 spiro atoms. The predicted octanol–water partition coefficient (Wildman–Crippen LogP) is 3.12. The van der Waals surface area contributed by atoms with Gasteiger partial charge < -0.3 is 20.7 Å². The Kier molecular flexibility index (Phi) is 8.92. The zero-order chi connectivity index (χ0) is 17.1. The molecule has 1 aromatic heterocycles. The molecule has 26 heavy (non-hydrogen) atoms. The maximum Gasteiger partial charge on any atom is 0.271 e. The number of nitrogens with two attached hydrogens (primary N) is 1. The number of thiazole rings is 1. The number of carbonyl (C=O) groups is 1. The molecule has 1 saturated heterocycles. The van der Waals surface area contributed by atoms with Gasteiger partial charge in [0, 0.05) is 36.1 Å². The minimum absolute atomic E-state index is 0. The van der Waals surface area contributed by atoms with Crippen molar-refractivity contribution < 1.29 is 9.53 Å². The van der Waals surface area contributed by atoms with E-state index in [1.165, 1.54) is 11.3 Å². The Balaban J connectivity index is 0.00000169. The molecule has 1 aromatic carbocycles. The molecule has 3 N–H and O–H groups in total. The molecule has 0 bridgehead atoms. The summed E-state index contributed by atoms with van der Waals surface area (Å²) in [6, 6.07) is 5.60. The van der Waals surface area contributed by atoms with Crippen LogP contribution in [0.3, 0.4) is 0 Å². The molecule has 3 rings (SSSR count). The number of ether oxygens (including phenoxy) is 1. The smallest absolute Gasteiger partial charge is 0.271 e. The largest absolute Gasteiger partial charge is 0.495 e. The molecule has 1 unspecified atom stereocenters. The maximum absolute atomic E-state index is 12.3. The molecular formula is C16H21Cl3N4O2S. The molecule has 2 aromatic rings. The fourth-order valence-electron chi connectivity index (χ4n) is 2.78. The van der Waals surface area contributed by atoms with Crippen LogP contribution in [0.25, 0.3) is 0 Å². The van der Waals surface area contributed by atoms with Gasteiger partial charge in [0.05, 0.1) is 12.8 Å². The fourth-order valence-corrected chi connectivity index (χ4v) is 3.60. The van der Waals surface area contributed by atoms with E-state index in [0.717, 1.165) is 29.4 Å². The van der Waals surface area contributed by atoms with Crippen molar-refractivity contribution in [3.05, 3.63) is 39.3 Å². The zero-order valence-corrected chi connectivity index (χ0v) is 17.3. The monoisotopic (exact) mass is 438 g/mol. The van der Waals surface area contributed by atoms with E-state index in [1.807, 2.05) is 12.1 Å². The van der Waals surface area contributed by atoms with Crippen molar-refractivity contribution in [2.24, 2.45) is 5.73 Å². The van der Waals surface area contributed by atoms with Crippen molar-refractivity contribution in [2.75, 3.05) is 25.1 Å². The first-order valence-electron chi connectivity index (χ1n) is 7.64. The molecular weight excluding hydrogens is 419 g/mol. The van der Waals surface area contributed by atoms with Crippen LogP contribution in [-0.4, -0.2) is 37.1 Å². The van der Waals surface area contributed by atoms with E-state index < -0.39 is 0 Å². The van der Waals surface area contributed by atoms with E-state index in [1.54, 1.807) is 18.6 Å². The molecule has 1 fully saturated rings. The van der Waals surface area contributed by atoms with Gasteiger partial charge in [-0.2, -0.15) is 0 Å². The Labute approximate surface area is 173 Å². The molecule has 1 atom stereocenters. The minimum atomic E-state index is -0.157. The van der Waals surface area contributed by atoms with Crippen LogP contribution in [0.1, 0.15) is 21.9 Å². The number of aromatic nitrogens is 1. The number of methoxy groups -OCH3 is 1. The van der Waals surface area contributed by atoms with Gasteiger partial charge in [0.2, 0.25) is 0 Å². The summed E-state index contributed by atoms with van der Waals surface area (Å²) in [6.07, 6.45) is 0.856. The van der Waals surface area contributed by atoms with Crippen molar-refractivity contribution in [3.63, 3.8) is 0 Å². The lowest BCUT2D eigenvalue weighted by atomic mass is 10.2. The van der Waals surface area contributed by atoms with Gasteiger partial charge in [0.1, 0.15) is 16.5 Å². The maximum atomic E-state index is 12.3. The minimum Gasteiger partial charge on any atom is -0.495 e. The van der Waals surface area contributed by atoms with Gasteiger partial charge in [-0.25, -0.2) is 4.98 Å². The molecule has 1 amide bonds. The van der Waals surface area contributed by atoms with Gasteiger partial charge in [0.25, 0.3) is 5.91 Å². The third-order valence-corrected chi connectivity index (χ3v) is 5.07. The van der Waals surface area contributed by atoms with Gasteiger partial charge in [-0.1, -0.05) is 11.6 Å². The van der Waals surface area contributed by atoms with Crippen molar-refractivity contribution in [2.45, 2.75) is 19.0 Å². The third-order valence-electron chi connectivity index (χ3n) is 3.96. The van der Waals surface area contributed by atoms with E-state index in [4.69, 9.17) is 22.1 Å². The zero-order valence-electron chi connectivity index (χ0n) is 14.1. The number of benzene rings is 1. The van der Waals surface area contributed by atoms with Crippen LogP contribution >= 0.6 is 47.8 Å². The van der Waals surface area contributed by atoms with Crippen molar-refractivity contribution in [1.29, 1.82) is 0 Å². The molecule has 1 aliphatic rings. The molecule has 2 heterocycles. The van der Waals surface area contributed by atoms with E-state index >= 15 is 0 Å². The van der Waals surface area contributed by atoms with Gasteiger partial charge >= 0.3 is 0 Å². The summed E-state index contributed by atoms with van der Waals surface area (Å²) >= 11 is 7.50. The highest BCUT2D eigenvalue weighted by atomic mass is 35.5. The van der Waals surface area contributed by atoms with E-state index in [-0.39, 0.29) is 36.8 Å². The SMILES string of the molecule is COc1ccc(Cl)cc1N1CCC(NC(=O)c2csc(CN)n2)C1.Cl.Cl. The topological polar surface area (TPSA) is 80.5 Å². The number of hydrogen-bond donors (Lipinski definition) is 2. The van der Waals surface area contributed by atoms with Crippen molar-refractivity contribution >= 4 is 59.3 Å². The number of hydrogen-bond acceptors (Lipinski definition) is 6. The summed E-state index contributed by atoms with van der Waals surface area (Å²) in [5, 5.41) is 6.20. The number of nitrogens with one attached hydrogen (secondary N) is 1. The van der Waals surface area contributed by atoms with E-state index in [9.17, 15) is 4.79 Å². The Morgan fingerprint density at radius 2 is 2.27 bits per heavy atom. The highest BCUT2D eigenvalue weighted by Gasteiger charge is 2.27. The molecule has 10 heteroatoms. The van der Waals surface area contributed by atoms with Crippen molar-refractivity contribution in [1.82, 2.24) is 10.3 Å². The first-order valence-corrected chi connectivity index (χ1v) is 8.90. The number of anilines is 1. The summed E-state index contributed by atoms with van der Waals surface area (Å²) in [7, 11) is 1.64. The van der Waals surface area contributed by atoms with Crippen LogP contribution < -0.4 is 20.7 Å². The number of halogens is 3. The Bertz CT molecular complexity index is 744. The first kappa shape index (κ1) is 22.8. The lowest BCUT2D eigenvalue weighted by molar-refractivity contribution is 0.0936. The van der Waals surface area contributed by atoms with Crippen LogP contribution in [0.5, 0.6) is 5.75 Å². The molecule has 0 saturated carbocycles. The summed E-state index contributed by atoms with van der Waals surface area (Å²) in [5.41, 5.74) is 6.91. The summed E-state index contributed by atoms with van der Waals surface area (Å²) in [5.74, 6) is 0.620. The fraction of sp³-hybridized carbons (Fsp3) is 0.375.